The zero-order chi connectivity index (χ0) is 13.5. The molecule has 19 heavy (non-hydrogen) atoms. The molecule has 104 valence electrons. The van der Waals surface area contributed by atoms with Crippen molar-refractivity contribution in [3.05, 3.63) is 35.9 Å². The second-order valence-corrected chi connectivity index (χ2v) is 5.77. The fraction of sp³-hybridized carbons (Fsp3) is 0.588. The van der Waals surface area contributed by atoms with E-state index in [2.05, 4.69) is 36.5 Å². The summed E-state index contributed by atoms with van der Waals surface area (Å²) in [5, 5.41) is 3.18. The highest BCUT2D eigenvalue weighted by molar-refractivity contribution is 5.78. The van der Waals surface area contributed by atoms with Gasteiger partial charge in [-0.05, 0) is 38.2 Å². The highest BCUT2D eigenvalue weighted by Crippen LogP contribution is 2.23. The Labute approximate surface area is 116 Å². The van der Waals surface area contributed by atoms with E-state index in [1.807, 2.05) is 6.07 Å². The Bertz CT molecular complexity index is 382. The van der Waals surface area contributed by atoms with Gasteiger partial charge in [0.15, 0.2) is 0 Å². The fourth-order valence-corrected chi connectivity index (χ4v) is 2.83. The van der Waals surface area contributed by atoms with Crippen LogP contribution in [0.3, 0.4) is 0 Å². The Morgan fingerprint density at radius 3 is 2.58 bits per heavy atom. The molecule has 1 aromatic rings. The molecule has 1 aliphatic carbocycles. The van der Waals surface area contributed by atoms with Crippen molar-refractivity contribution < 1.29 is 4.79 Å². The molecule has 2 heteroatoms. The zero-order valence-electron chi connectivity index (χ0n) is 11.9. The number of hydrogen-bond acceptors (Lipinski definition) is 1. The molecule has 1 fully saturated rings. The maximum Gasteiger partial charge on any atom is 0.223 e. The molecule has 1 N–H and O–H groups in total. The largest absolute Gasteiger partial charge is 0.353 e. The molecule has 0 heterocycles. The quantitative estimate of drug-likeness (QED) is 0.858. The van der Waals surface area contributed by atoms with Crippen LogP contribution in [-0.4, -0.2) is 11.9 Å². The van der Waals surface area contributed by atoms with Gasteiger partial charge in [0.1, 0.15) is 0 Å². The molecule has 1 aliphatic rings. The molecular weight excluding hydrogens is 234 g/mol. The molecule has 2 rings (SSSR count). The molecule has 1 atom stereocenters. The lowest BCUT2D eigenvalue weighted by Gasteiger charge is -2.23. The maximum atomic E-state index is 12.1. The Hall–Kier alpha value is -1.31. The highest BCUT2D eigenvalue weighted by Gasteiger charge is 2.21. The molecule has 1 unspecified atom stereocenters. The van der Waals surface area contributed by atoms with Crippen LogP contribution >= 0.6 is 0 Å². The number of benzene rings is 1. The van der Waals surface area contributed by atoms with Crippen LogP contribution in [0.4, 0.5) is 0 Å². The van der Waals surface area contributed by atoms with Crippen molar-refractivity contribution in [2.45, 2.75) is 57.9 Å². The third kappa shape index (κ3) is 4.70. The molecule has 0 saturated heterocycles. The Balaban J connectivity index is 1.71. The van der Waals surface area contributed by atoms with Crippen LogP contribution in [-0.2, 0) is 11.2 Å². The van der Waals surface area contributed by atoms with Gasteiger partial charge < -0.3 is 5.32 Å². The lowest BCUT2D eigenvalue weighted by molar-refractivity contribution is -0.126. The number of carbonyl (C=O) groups excluding carboxylic acids is 1. The number of hydrogen-bond donors (Lipinski definition) is 1. The van der Waals surface area contributed by atoms with Crippen LogP contribution in [0.25, 0.3) is 0 Å². The van der Waals surface area contributed by atoms with Gasteiger partial charge in [0, 0.05) is 12.0 Å². The fourth-order valence-electron chi connectivity index (χ4n) is 2.83. The molecule has 1 saturated carbocycles. The molecule has 1 aromatic carbocycles. The van der Waals surface area contributed by atoms with E-state index in [9.17, 15) is 4.79 Å². The molecule has 0 aromatic heterocycles. The predicted molar refractivity (Wildman–Crippen MR) is 78.9 cm³/mol. The van der Waals surface area contributed by atoms with E-state index in [4.69, 9.17) is 0 Å². The molecule has 2 nitrogen and oxygen atoms in total. The van der Waals surface area contributed by atoms with Crippen LogP contribution < -0.4 is 5.32 Å². The van der Waals surface area contributed by atoms with E-state index >= 15 is 0 Å². The topological polar surface area (TPSA) is 29.1 Å². The van der Waals surface area contributed by atoms with Crippen LogP contribution in [0, 0.1) is 5.92 Å². The number of nitrogens with one attached hydrogen (secondary N) is 1. The van der Waals surface area contributed by atoms with Crippen molar-refractivity contribution in [2.24, 2.45) is 5.92 Å². The van der Waals surface area contributed by atoms with Crippen molar-refractivity contribution in [3.63, 3.8) is 0 Å². The number of carbonyl (C=O) groups is 1. The Morgan fingerprint density at radius 2 is 1.89 bits per heavy atom. The Morgan fingerprint density at radius 1 is 1.21 bits per heavy atom. The third-order valence-electron chi connectivity index (χ3n) is 4.07. The molecule has 0 aliphatic heterocycles. The summed E-state index contributed by atoms with van der Waals surface area (Å²) in [5.41, 5.74) is 1.35. The number of amides is 1. The minimum atomic E-state index is 0.271. The summed E-state index contributed by atoms with van der Waals surface area (Å²) in [6.45, 7) is 2.11. The summed E-state index contributed by atoms with van der Waals surface area (Å²) in [6.07, 6.45) is 7.95. The summed E-state index contributed by atoms with van der Waals surface area (Å²) in [6, 6.07) is 10.7. The molecule has 1 amide bonds. The van der Waals surface area contributed by atoms with Crippen molar-refractivity contribution in [2.75, 3.05) is 0 Å². The zero-order valence-corrected chi connectivity index (χ0v) is 11.9. The average molecular weight is 259 g/mol. The van der Waals surface area contributed by atoms with E-state index in [1.54, 1.807) is 0 Å². The predicted octanol–water partition coefficient (Wildman–Crippen LogP) is 3.70. The van der Waals surface area contributed by atoms with Gasteiger partial charge in [-0.25, -0.2) is 0 Å². The van der Waals surface area contributed by atoms with Crippen molar-refractivity contribution in [1.29, 1.82) is 0 Å². The lowest BCUT2D eigenvalue weighted by Crippen LogP contribution is -2.38. The Kier molecular flexibility index (Phi) is 5.44. The van der Waals surface area contributed by atoms with Gasteiger partial charge >= 0.3 is 0 Å². The first-order valence-corrected chi connectivity index (χ1v) is 7.60. The lowest BCUT2D eigenvalue weighted by atomic mass is 9.88. The summed E-state index contributed by atoms with van der Waals surface area (Å²) in [4.78, 5) is 12.1. The molecule has 0 bridgehead atoms. The normalized spacial score (nSPS) is 17.9. The minimum Gasteiger partial charge on any atom is -0.353 e. The highest BCUT2D eigenvalue weighted by atomic mass is 16.1. The van der Waals surface area contributed by atoms with Gasteiger partial charge in [-0.15, -0.1) is 0 Å². The molecule has 0 spiro atoms. The van der Waals surface area contributed by atoms with E-state index in [-0.39, 0.29) is 17.9 Å². The average Bonchev–Trinajstić information content (AvgIpc) is 2.47. The van der Waals surface area contributed by atoms with E-state index in [0.717, 1.165) is 25.7 Å². The van der Waals surface area contributed by atoms with E-state index in [1.165, 1.54) is 24.8 Å². The van der Waals surface area contributed by atoms with Crippen LogP contribution in [0.5, 0.6) is 0 Å². The first-order chi connectivity index (χ1) is 9.25. The standard InChI is InChI=1S/C17H25NO/c1-14(12-13-15-8-4-2-5-9-15)18-17(19)16-10-6-3-7-11-16/h2,4-5,8-9,14,16H,3,6-7,10-13H2,1H3,(H,18,19). The SMILES string of the molecule is CC(CCc1ccccc1)NC(=O)C1CCCCC1. The van der Waals surface area contributed by atoms with Gasteiger partial charge in [-0.1, -0.05) is 49.6 Å². The van der Waals surface area contributed by atoms with Crippen molar-refractivity contribution >= 4 is 5.91 Å². The summed E-state index contributed by atoms with van der Waals surface area (Å²) < 4.78 is 0. The first kappa shape index (κ1) is 14.1. The smallest absolute Gasteiger partial charge is 0.223 e. The van der Waals surface area contributed by atoms with Gasteiger partial charge in [-0.3, -0.25) is 4.79 Å². The second kappa shape index (κ2) is 7.32. The van der Waals surface area contributed by atoms with Crippen LogP contribution in [0.1, 0.15) is 51.0 Å². The molecular formula is C17H25NO. The molecule has 0 radical (unpaired) electrons. The van der Waals surface area contributed by atoms with Crippen molar-refractivity contribution in [3.8, 4) is 0 Å². The third-order valence-corrected chi connectivity index (χ3v) is 4.07. The first-order valence-electron chi connectivity index (χ1n) is 7.60. The van der Waals surface area contributed by atoms with Gasteiger partial charge in [0.2, 0.25) is 5.91 Å². The van der Waals surface area contributed by atoms with Crippen molar-refractivity contribution in [1.82, 2.24) is 5.32 Å². The second-order valence-electron chi connectivity index (χ2n) is 5.77. The van der Waals surface area contributed by atoms with Gasteiger partial charge in [0.25, 0.3) is 0 Å². The summed E-state index contributed by atoms with van der Waals surface area (Å²) in [5.74, 6) is 0.549. The number of rotatable bonds is 5. The summed E-state index contributed by atoms with van der Waals surface area (Å²) >= 11 is 0. The van der Waals surface area contributed by atoms with Crippen LogP contribution in [0.2, 0.25) is 0 Å². The number of aryl methyl sites for hydroxylation is 1. The van der Waals surface area contributed by atoms with E-state index in [0.29, 0.717) is 0 Å². The minimum absolute atomic E-state index is 0.271. The van der Waals surface area contributed by atoms with Gasteiger partial charge in [0.05, 0.1) is 0 Å². The van der Waals surface area contributed by atoms with E-state index < -0.39 is 0 Å². The monoisotopic (exact) mass is 259 g/mol. The van der Waals surface area contributed by atoms with Gasteiger partial charge in [-0.2, -0.15) is 0 Å². The summed E-state index contributed by atoms with van der Waals surface area (Å²) in [7, 11) is 0. The van der Waals surface area contributed by atoms with Crippen LogP contribution in [0.15, 0.2) is 30.3 Å². The maximum absolute atomic E-state index is 12.1.